The monoisotopic (exact) mass is 765 g/mol. The maximum atomic E-state index is 13.9. The van der Waals surface area contributed by atoms with Gasteiger partial charge in [-0.05, 0) is 19.4 Å². The summed E-state index contributed by atoms with van der Waals surface area (Å²) in [4.78, 5) is 65.5. The third-order valence-corrected chi connectivity index (χ3v) is 10.0. The van der Waals surface area contributed by atoms with Crippen molar-refractivity contribution in [1.82, 2.24) is 5.32 Å². The van der Waals surface area contributed by atoms with Crippen molar-refractivity contribution >= 4 is 29.2 Å². The van der Waals surface area contributed by atoms with E-state index in [-0.39, 0.29) is 34.4 Å². The van der Waals surface area contributed by atoms with Gasteiger partial charge in [-0.15, -0.1) is 0 Å². The third-order valence-electron chi connectivity index (χ3n) is 10.0. The molecule has 2 aliphatic carbocycles. The smallest absolute Gasteiger partial charge is 0.471 e. The number of aliphatic hydroxyl groups is 2. The molecule has 1 heterocycles. The van der Waals surface area contributed by atoms with Gasteiger partial charge >= 0.3 is 18.1 Å². The van der Waals surface area contributed by atoms with Crippen LogP contribution in [0, 0.1) is 0 Å². The molecule has 1 amide bonds. The SMILES string of the molecule is CCCCCCCC(=O)OCC(=O)C1(O)Cc2c(O)c3c(c(O)c2C(O[C@H]2C[C@H](NC(=O)C(F)(F)F)[C@H](O)[C@H](C)O2)C1)C(=O)c1c(OC)cccc1C3=O. The number of rotatable bonds is 13. The number of halogens is 3. The third kappa shape index (κ3) is 7.94. The van der Waals surface area contributed by atoms with E-state index in [2.05, 4.69) is 0 Å². The molecule has 54 heavy (non-hydrogen) atoms. The molecule has 2 aromatic rings. The first kappa shape index (κ1) is 40.6. The number of aromatic hydroxyl groups is 2. The Balaban J connectivity index is 1.52. The molecule has 6 atom stereocenters. The molecule has 17 heteroatoms. The number of carbonyl (C=O) groups is 5. The molecule has 1 fully saturated rings. The first-order chi connectivity index (χ1) is 25.4. The summed E-state index contributed by atoms with van der Waals surface area (Å²) in [5.74, 6) is -7.61. The Morgan fingerprint density at radius 1 is 1.02 bits per heavy atom. The standard InChI is InChI=1S/C37H42F3NO13/c1-4-5-6-7-8-12-24(43)52-16-23(42)36(50)14-19-27(22(15-36)54-25-13-20(30(44)17(2)53-25)41-35(49)37(38,39)40)34(48)29-28(32(19)46)31(45)18-10-9-11-21(51-3)26(18)33(29)47/h9-11,17,20,22,25,30,44,46,48,50H,4-8,12-16H2,1-3H3,(H,41,49)/t17-,20-,22?,25-,30+,36?/m0/s1. The van der Waals surface area contributed by atoms with Gasteiger partial charge in [0.15, 0.2) is 18.7 Å². The van der Waals surface area contributed by atoms with E-state index in [0.717, 1.165) is 25.7 Å². The highest BCUT2D eigenvalue weighted by Crippen LogP contribution is 2.52. The van der Waals surface area contributed by atoms with Crippen LogP contribution < -0.4 is 10.1 Å². The number of hydrogen-bond donors (Lipinski definition) is 5. The number of methoxy groups -OCH3 is 1. The van der Waals surface area contributed by atoms with Crippen LogP contribution in [-0.4, -0.2) is 99.7 Å². The number of aliphatic hydroxyl groups excluding tert-OH is 1. The summed E-state index contributed by atoms with van der Waals surface area (Å²) in [6, 6.07) is 2.59. The number of phenols is 2. The fourth-order valence-corrected chi connectivity index (χ4v) is 7.19. The van der Waals surface area contributed by atoms with Crippen molar-refractivity contribution < 1.29 is 76.5 Å². The van der Waals surface area contributed by atoms with Gasteiger partial charge in [0.2, 0.25) is 11.6 Å². The van der Waals surface area contributed by atoms with Crippen LogP contribution in [0.1, 0.15) is 114 Å². The topological polar surface area (TPSA) is 215 Å². The van der Waals surface area contributed by atoms with Crippen molar-refractivity contribution in [3.05, 3.63) is 51.6 Å². The molecule has 0 saturated carbocycles. The highest BCUT2D eigenvalue weighted by atomic mass is 19.4. The minimum atomic E-state index is -5.29. The number of ether oxygens (including phenoxy) is 4. The Morgan fingerprint density at radius 2 is 1.70 bits per heavy atom. The summed E-state index contributed by atoms with van der Waals surface area (Å²) < 4.78 is 61.5. The molecule has 14 nitrogen and oxygen atoms in total. The van der Waals surface area contributed by atoms with Crippen molar-refractivity contribution in [3.8, 4) is 17.2 Å². The van der Waals surface area contributed by atoms with Gasteiger partial charge in [0.25, 0.3) is 0 Å². The van der Waals surface area contributed by atoms with Crippen molar-refractivity contribution in [2.45, 2.75) is 114 Å². The molecular formula is C37H42F3NO13. The number of phenolic OH excluding ortho intramolecular Hbond substituents is 2. The average molecular weight is 766 g/mol. The van der Waals surface area contributed by atoms with E-state index in [9.17, 15) is 57.6 Å². The number of fused-ring (bicyclic) bond motifs is 3. The molecule has 5 rings (SSSR count). The first-order valence-corrected chi connectivity index (χ1v) is 17.6. The Hall–Kier alpha value is -4.58. The van der Waals surface area contributed by atoms with Crippen LogP contribution in [0.5, 0.6) is 17.2 Å². The summed E-state index contributed by atoms with van der Waals surface area (Å²) in [5, 5.41) is 47.5. The zero-order valence-electron chi connectivity index (χ0n) is 29.8. The number of nitrogens with one attached hydrogen (secondary N) is 1. The zero-order chi connectivity index (χ0) is 39.7. The van der Waals surface area contributed by atoms with Crippen LogP contribution >= 0.6 is 0 Å². The van der Waals surface area contributed by atoms with Crippen LogP contribution in [0.15, 0.2) is 18.2 Å². The number of amides is 1. The summed E-state index contributed by atoms with van der Waals surface area (Å²) >= 11 is 0. The number of alkyl halides is 3. The molecule has 1 aliphatic heterocycles. The molecular weight excluding hydrogens is 723 g/mol. The largest absolute Gasteiger partial charge is 0.507 e. The minimum Gasteiger partial charge on any atom is -0.507 e. The van der Waals surface area contributed by atoms with Gasteiger partial charge in [0.05, 0.1) is 42.0 Å². The maximum absolute atomic E-state index is 13.9. The summed E-state index contributed by atoms with van der Waals surface area (Å²) in [5.41, 5.74) is -4.83. The predicted molar refractivity (Wildman–Crippen MR) is 179 cm³/mol. The average Bonchev–Trinajstić information content (AvgIpc) is 3.11. The van der Waals surface area contributed by atoms with Crippen LogP contribution in [0.3, 0.4) is 0 Å². The lowest BCUT2D eigenvalue weighted by molar-refractivity contribution is -0.250. The summed E-state index contributed by atoms with van der Waals surface area (Å²) in [6.07, 6.45) is -9.28. The van der Waals surface area contributed by atoms with Gasteiger partial charge in [0, 0.05) is 42.4 Å². The lowest BCUT2D eigenvalue weighted by Crippen LogP contribution is -2.57. The zero-order valence-corrected chi connectivity index (χ0v) is 29.8. The van der Waals surface area contributed by atoms with Crippen molar-refractivity contribution in [2.24, 2.45) is 0 Å². The number of ketones is 3. The molecule has 3 aliphatic rings. The van der Waals surface area contributed by atoms with Gasteiger partial charge in [0.1, 0.15) is 29.0 Å². The second kappa shape index (κ2) is 16.0. The lowest BCUT2D eigenvalue weighted by Gasteiger charge is -2.43. The van der Waals surface area contributed by atoms with Crippen molar-refractivity contribution in [2.75, 3.05) is 13.7 Å². The molecule has 5 N–H and O–H groups in total. The second-order valence-corrected chi connectivity index (χ2v) is 13.7. The van der Waals surface area contributed by atoms with Crippen molar-refractivity contribution in [1.29, 1.82) is 0 Å². The van der Waals surface area contributed by atoms with Gasteiger partial charge in [-0.2, -0.15) is 13.2 Å². The normalized spacial score (nSPS) is 24.9. The van der Waals surface area contributed by atoms with Crippen LogP contribution in [0.4, 0.5) is 13.2 Å². The Morgan fingerprint density at radius 3 is 2.37 bits per heavy atom. The fraction of sp³-hybridized carbons (Fsp3) is 0.541. The fourth-order valence-electron chi connectivity index (χ4n) is 7.19. The maximum Gasteiger partial charge on any atom is 0.471 e. The molecule has 0 radical (unpaired) electrons. The number of unbranched alkanes of at least 4 members (excludes halogenated alkanes) is 4. The molecule has 2 aromatic carbocycles. The minimum absolute atomic E-state index is 0.00788. The quantitative estimate of drug-likeness (QED) is 0.0956. The lowest BCUT2D eigenvalue weighted by atomic mass is 9.72. The molecule has 294 valence electrons. The van der Waals surface area contributed by atoms with Crippen LogP contribution in [0.2, 0.25) is 0 Å². The molecule has 2 unspecified atom stereocenters. The number of hydrogen-bond acceptors (Lipinski definition) is 13. The van der Waals surface area contributed by atoms with E-state index < -0.39 is 120 Å². The van der Waals surface area contributed by atoms with Crippen molar-refractivity contribution in [3.63, 3.8) is 0 Å². The van der Waals surface area contributed by atoms with E-state index in [1.807, 2.05) is 6.92 Å². The Bertz CT molecular complexity index is 1830. The molecule has 0 bridgehead atoms. The van der Waals surface area contributed by atoms with Gasteiger partial charge in [-0.25, -0.2) is 0 Å². The predicted octanol–water partition coefficient (Wildman–Crippen LogP) is 3.63. The van der Waals surface area contributed by atoms with Crippen LogP contribution in [0.25, 0.3) is 0 Å². The van der Waals surface area contributed by atoms with Crippen LogP contribution in [-0.2, 0) is 35.0 Å². The summed E-state index contributed by atoms with van der Waals surface area (Å²) in [6.45, 7) is 2.42. The first-order valence-electron chi connectivity index (χ1n) is 17.6. The van der Waals surface area contributed by atoms with E-state index in [4.69, 9.17) is 18.9 Å². The number of Topliss-reactive ketones (excluding diaryl/α,β-unsaturated/α-hetero) is 1. The Kier molecular flexibility index (Phi) is 12.1. The van der Waals surface area contributed by atoms with E-state index >= 15 is 0 Å². The second-order valence-electron chi connectivity index (χ2n) is 13.7. The number of carbonyl (C=O) groups excluding carboxylic acids is 5. The highest BCUT2D eigenvalue weighted by Gasteiger charge is 2.51. The summed E-state index contributed by atoms with van der Waals surface area (Å²) in [7, 11) is 1.26. The van der Waals surface area contributed by atoms with Gasteiger partial charge in [-0.3, -0.25) is 24.0 Å². The van der Waals surface area contributed by atoms with E-state index in [1.165, 1.54) is 32.2 Å². The molecule has 0 aromatic heterocycles. The Labute approximate surface area is 307 Å². The molecule has 0 spiro atoms. The van der Waals surface area contributed by atoms with E-state index in [1.54, 1.807) is 5.32 Å². The van der Waals surface area contributed by atoms with Gasteiger partial charge < -0.3 is 44.7 Å². The highest BCUT2D eigenvalue weighted by molar-refractivity contribution is 6.31. The molecule has 1 saturated heterocycles. The number of benzene rings is 2. The number of esters is 1. The van der Waals surface area contributed by atoms with E-state index in [0.29, 0.717) is 6.42 Å². The van der Waals surface area contributed by atoms with Gasteiger partial charge in [-0.1, -0.05) is 44.7 Å².